The van der Waals surface area contributed by atoms with Gasteiger partial charge < -0.3 is 0 Å². The first-order valence-corrected chi connectivity index (χ1v) is 3.25. The third-order valence-electron chi connectivity index (χ3n) is 1.21. The van der Waals surface area contributed by atoms with Crippen LogP contribution in [0.2, 0.25) is 5.02 Å². The maximum atomic E-state index is 10.3. The van der Waals surface area contributed by atoms with Crippen molar-refractivity contribution >= 4 is 17.3 Å². The Hall–Kier alpha value is -1.09. The van der Waals surface area contributed by atoms with Gasteiger partial charge >= 0.3 is 0 Å². The molecule has 1 radical (unpaired) electrons. The van der Waals surface area contributed by atoms with Gasteiger partial charge in [-0.2, -0.15) is 0 Å². The van der Waals surface area contributed by atoms with Crippen LogP contribution >= 0.6 is 11.6 Å². The molecule has 0 saturated heterocycles. The van der Waals surface area contributed by atoms with Crippen LogP contribution in [0.3, 0.4) is 0 Å². The molecule has 0 N–H and O–H groups in total. The molecule has 0 saturated carbocycles. The molecular formula is C7H5ClNO2. The predicted octanol–water partition coefficient (Wildman–Crippen LogP) is 2.43. The van der Waals surface area contributed by atoms with E-state index in [4.69, 9.17) is 11.6 Å². The fourth-order valence-corrected chi connectivity index (χ4v) is 0.885. The third kappa shape index (κ3) is 1.68. The number of nitrogens with zero attached hydrogens (tertiary/aromatic N) is 1. The largest absolute Gasteiger partial charge is 0.288 e. The lowest BCUT2D eigenvalue weighted by Gasteiger charge is -1.94. The van der Waals surface area contributed by atoms with Crippen molar-refractivity contribution in [3.63, 3.8) is 0 Å². The summed E-state index contributed by atoms with van der Waals surface area (Å²) in [6.45, 7) is 3.54. The van der Waals surface area contributed by atoms with E-state index >= 15 is 0 Å². The van der Waals surface area contributed by atoms with Crippen molar-refractivity contribution in [2.75, 3.05) is 0 Å². The van der Waals surface area contributed by atoms with E-state index in [1.165, 1.54) is 12.1 Å². The molecule has 1 aromatic carbocycles. The average Bonchev–Trinajstić information content (AvgIpc) is 1.94. The second-order valence-corrected chi connectivity index (χ2v) is 2.45. The van der Waals surface area contributed by atoms with Gasteiger partial charge in [-0.05, 0) is 18.6 Å². The summed E-state index contributed by atoms with van der Waals surface area (Å²) in [7, 11) is 0. The first-order chi connectivity index (χ1) is 5.11. The van der Waals surface area contributed by atoms with Gasteiger partial charge in [0.1, 0.15) is 5.02 Å². The number of hydrogen-bond acceptors (Lipinski definition) is 2. The molecule has 0 bridgehead atoms. The van der Waals surface area contributed by atoms with Crippen molar-refractivity contribution in [2.45, 2.75) is 0 Å². The lowest BCUT2D eigenvalue weighted by atomic mass is 10.2. The van der Waals surface area contributed by atoms with Gasteiger partial charge in [-0.15, -0.1) is 0 Å². The highest BCUT2D eigenvalue weighted by Crippen LogP contribution is 2.24. The molecule has 1 aromatic rings. The van der Waals surface area contributed by atoms with E-state index in [1.807, 2.05) is 0 Å². The molecule has 0 amide bonds. The van der Waals surface area contributed by atoms with Gasteiger partial charge in [0.05, 0.1) is 4.92 Å². The molecule has 4 heteroatoms. The van der Waals surface area contributed by atoms with Crippen LogP contribution in [0.1, 0.15) is 5.56 Å². The molecule has 57 valence electrons. The van der Waals surface area contributed by atoms with E-state index in [0.717, 1.165) is 0 Å². The Kier molecular flexibility index (Phi) is 2.10. The molecule has 0 atom stereocenters. The lowest BCUT2D eigenvalue weighted by Crippen LogP contribution is -1.89. The van der Waals surface area contributed by atoms with Crippen LogP contribution in [0.5, 0.6) is 0 Å². The Bertz CT molecular complexity index is 298. The molecule has 0 aliphatic heterocycles. The molecule has 0 aliphatic carbocycles. The molecule has 3 nitrogen and oxygen atoms in total. The minimum absolute atomic E-state index is 0.0980. The quantitative estimate of drug-likeness (QED) is 0.480. The molecule has 11 heavy (non-hydrogen) atoms. The Morgan fingerprint density at radius 3 is 2.64 bits per heavy atom. The van der Waals surface area contributed by atoms with Crippen molar-refractivity contribution in [1.29, 1.82) is 0 Å². The summed E-state index contributed by atoms with van der Waals surface area (Å²) < 4.78 is 0. The molecule has 1 rings (SSSR count). The van der Waals surface area contributed by atoms with Crippen molar-refractivity contribution < 1.29 is 4.92 Å². The summed E-state index contributed by atoms with van der Waals surface area (Å²) in [6.07, 6.45) is 0. The monoisotopic (exact) mass is 170 g/mol. The predicted molar refractivity (Wildman–Crippen MR) is 42.6 cm³/mol. The number of nitro groups is 1. The molecular weight excluding hydrogens is 166 g/mol. The van der Waals surface area contributed by atoms with E-state index in [0.29, 0.717) is 5.56 Å². The lowest BCUT2D eigenvalue weighted by molar-refractivity contribution is -0.384. The topological polar surface area (TPSA) is 43.1 Å². The summed E-state index contributed by atoms with van der Waals surface area (Å²) in [6, 6.07) is 4.42. The van der Waals surface area contributed by atoms with E-state index in [-0.39, 0.29) is 10.7 Å². The zero-order valence-corrected chi connectivity index (χ0v) is 6.34. The van der Waals surface area contributed by atoms with E-state index < -0.39 is 4.92 Å². The zero-order chi connectivity index (χ0) is 8.43. The van der Waals surface area contributed by atoms with Gasteiger partial charge in [0.15, 0.2) is 0 Å². The SMILES string of the molecule is [CH2]c1ccc(Cl)c([N+](=O)[O-])c1. The molecule has 0 aromatic heterocycles. The zero-order valence-electron chi connectivity index (χ0n) is 5.58. The van der Waals surface area contributed by atoms with Crippen LogP contribution in [0.4, 0.5) is 5.69 Å². The minimum atomic E-state index is -0.531. The maximum Gasteiger partial charge on any atom is 0.288 e. The summed E-state index contributed by atoms with van der Waals surface area (Å²) in [5, 5.41) is 10.4. The first-order valence-electron chi connectivity index (χ1n) is 2.87. The van der Waals surface area contributed by atoms with Gasteiger partial charge in [-0.1, -0.05) is 17.7 Å². The smallest absolute Gasteiger partial charge is 0.258 e. The van der Waals surface area contributed by atoms with Crippen molar-refractivity contribution in [1.82, 2.24) is 0 Å². The summed E-state index contributed by atoms with van der Waals surface area (Å²) >= 11 is 5.52. The second kappa shape index (κ2) is 2.88. The van der Waals surface area contributed by atoms with Crippen LogP contribution in [0, 0.1) is 17.0 Å². The maximum absolute atomic E-state index is 10.3. The number of benzene rings is 1. The Morgan fingerprint density at radius 1 is 1.55 bits per heavy atom. The number of hydrogen-bond donors (Lipinski definition) is 0. The van der Waals surface area contributed by atoms with E-state index in [9.17, 15) is 10.1 Å². The molecule has 0 fully saturated rings. The van der Waals surface area contributed by atoms with Gasteiger partial charge in [0, 0.05) is 6.07 Å². The van der Waals surface area contributed by atoms with Crippen LogP contribution in [-0.4, -0.2) is 4.92 Å². The highest BCUT2D eigenvalue weighted by atomic mass is 35.5. The van der Waals surface area contributed by atoms with E-state index in [1.54, 1.807) is 6.07 Å². The fourth-order valence-electron chi connectivity index (χ4n) is 0.698. The third-order valence-corrected chi connectivity index (χ3v) is 1.53. The molecule has 0 unspecified atom stereocenters. The van der Waals surface area contributed by atoms with Gasteiger partial charge in [-0.25, -0.2) is 0 Å². The highest BCUT2D eigenvalue weighted by molar-refractivity contribution is 6.32. The molecule has 0 spiro atoms. The molecule has 0 heterocycles. The van der Waals surface area contributed by atoms with Crippen LogP contribution < -0.4 is 0 Å². The van der Waals surface area contributed by atoms with Crippen LogP contribution in [-0.2, 0) is 0 Å². The second-order valence-electron chi connectivity index (χ2n) is 2.04. The van der Waals surface area contributed by atoms with E-state index in [2.05, 4.69) is 6.92 Å². The van der Waals surface area contributed by atoms with Crippen molar-refractivity contribution in [2.24, 2.45) is 0 Å². The average molecular weight is 171 g/mol. The van der Waals surface area contributed by atoms with Crippen LogP contribution in [0.15, 0.2) is 18.2 Å². The number of rotatable bonds is 1. The highest BCUT2D eigenvalue weighted by Gasteiger charge is 2.10. The standard InChI is InChI=1S/C7H5ClNO2/c1-5-2-3-6(8)7(4-5)9(10)11/h2-4H,1H2. The number of halogens is 1. The van der Waals surface area contributed by atoms with Gasteiger partial charge in [0.2, 0.25) is 0 Å². The Morgan fingerprint density at radius 2 is 2.18 bits per heavy atom. The first kappa shape index (κ1) is 8.01. The Labute approximate surface area is 68.8 Å². The normalized spacial score (nSPS) is 9.64. The van der Waals surface area contributed by atoms with Gasteiger partial charge in [0.25, 0.3) is 5.69 Å². The summed E-state index contributed by atoms with van der Waals surface area (Å²) in [5.74, 6) is 0. The fraction of sp³-hybridized carbons (Fsp3) is 0. The summed E-state index contributed by atoms with van der Waals surface area (Å²) in [4.78, 5) is 9.74. The van der Waals surface area contributed by atoms with Gasteiger partial charge in [-0.3, -0.25) is 10.1 Å². The number of nitro benzene ring substituents is 1. The molecule has 0 aliphatic rings. The minimum Gasteiger partial charge on any atom is -0.258 e. The van der Waals surface area contributed by atoms with Crippen molar-refractivity contribution in [3.8, 4) is 0 Å². The Balaban J connectivity index is 3.23. The van der Waals surface area contributed by atoms with Crippen molar-refractivity contribution in [3.05, 3.63) is 45.8 Å². The van der Waals surface area contributed by atoms with Crippen LogP contribution in [0.25, 0.3) is 0 Å². The summed E-state index contributed by atoms with van der Waals surface area (Å²) in [5.41, 5.74) is 0.486.